The van der Waals surface area contributed by atoms with Crippen molar-refractivity contribution in [2.45, 2.75) is 12.6 Å². The van der Waals surface area contributed by atoms with Gasteiger partial charge < -0.3 is 14.5 Å². The highest BCUT2D eigenvalue weighted by Gasteiger charge is 2.32. The van der Waals surface area contributed by atoms with Crippen LogP contribution in [0.3, 0.4) is 0 Å². The molecule has 0 amide bonds. The molecule has 2 aliphatic rings. The van der Waals surface area contributed by atoms with E-state index in [1.165, 1.54) is 6.08 Å². The van der Waals surface area contributed by atoms with Crippen LogP contribution in [0.4, 0.5) is 18.9 Å². The number of benzene rings is 1. The molecule has 0 atom stereocenters. The molecule has 1 saturated heterocycles. The van der Waals surface area contributed by atoms with Crippen molar-refractivity contribution in [2.24, 2.45) is 4.99 Å². The first-order chi connectivity index (χ1) is 12.4. The van der Waals surface area contributed by atoms with Gasteiger partial charge in [-0.1, -0.05) is 12.2 Å². The Bertz CT molecular complexity index is 751. The molecule has 0 radical (unpaired) electrons. The zero-order valence-corrected chi connectivity index (χ0v) is 15.8. The fraction of sp³-hybridized carbons (Fsp3) is 0.389. The molecule has 0 spiro atoms. The summed E-state index contributed by atoms with van der Waals surface area (Å²) < 4.78 is 44.7. The number of allylic oxidation sites excluding steroid dienone is 2. The topological polar surface area (TPSA) is 28.1 Å². The molecular formula is C18H19BrF3N3O. The minimum Gasteiger partial charge on any atom is -0.497 e. The number of ether oxygens (including phenoxy) is 1. The zero-order valence-electron chi connectivity index (χ0n) is 14.3. The van der Waals surface area contributed by atoms with E-state index in [4.69, 9.17) is 4.74 Å². The second-order valence-electron chi connectivity index (χ2n) is 6.03. The molecule has 4 nitrogen and oxygen atoms in total. The number of aliphatic imine (C=N–C) groups is 1. The number of hydrogen-bond donors (Lipinski definition) is 0. The molecule has 1 fully saturated rings. The molecule has 0 bridgehead atoms. The van der Waals surface area contributed by atoms with Gasteiger partial charge in [-0.05, 0) is 28.1 Å². The predicted molar refractivity (Wildman–Crippen MR) is 99.8 cm³/mol. The summed E-state index contributed by atoms with van der Waals surface area (Å²) >= 11 is 3.56. The van der Waals surface area contributed by atoms with Gasteiger partial charge in [0.05, 0.1) is 18.4 Å². The number of methoxy groups -OCH3 is 1. The maximum Gasteiger partial charge on any atom is 0.417 e. The Balaban J connectivity index is 1.68. The van der Waals surface area contributed by atoms with Crippen molar-refractivity contribution < 1.29 is 17.9 Å². The van der Waals surface area contributed by atoms with E-state index in [1.54, 1.807) is 7.11 Å². The van der Waals surface area contributed by atoms with E-state index in [1.807, 2.05) is 23.1 Å². The van der Waals surface area contributed by atoms with Crippen LogP contribution in [0.2, 0.25) is 0 Å². The molecule has 3 rings (SSSR count). The SMILES string of the molecule is COc1ccc(Br)c(N2CCN(C3=NC=C(C(F)(F)F)C=CC3)CC2)c1. The third kappa shape index (κ3) is 4.23. The summed E-state index contributed by atoms with van der Waals surface area (Å²) in [6.45, 7) is 2.91. The average molecular weight is 430 g/mol. The minimum atomic E-state index is -4.37. The van der Waals surface area contributed by atoms with E-state index in [0.29, 0.717) is 25.3 Å². The molecule has 0 saturated carbocycles. The Labute approximate surface area is 158 Å². The number of halogens is 4. The minimum absolute atomic E-state index is 0.402. The summed E-state index contributed by atoms with van der Waals surface area (Å²) in [6, 6.07) is 5.81. The van der Waals surface area contributed by atoms with Crippen LogP contribution in [0.1, 0.15) is 6.42 Å². The molecule has 0 aromatic heterocycles. The Morgan fingerprint density at radius 2 is 1.81 bits per heavy atom. The van der Waals surface area contributed by atoms with E-state index in [0.717, 1.165) is 41.3 Å². The highest BCUT2D eigenvalue weighted by Crippen LogP contribution is 2.31. The Kier molecular flexibility index (Phi) is 5.60. The van der Waals surface area contributed by atoms with E-state index >= 15 is 0 Å². The van der Waals surface area contributed by atoms with E-state index in [-0.39, 0.29) is 0 Å². The predicted octanol–water partition coefficient (Wildman–Crippen LogP) is 4.38. The number of hydrogen-bond acceptors (Lipinski definition) is 4. The maximum absolute atomic E-state index is 12.8. The van der Waals surface area contributed by atoms with Gasteiger partial charge in [0, 0.05) is 49.3 Å². The van der Waals surface area contributed by atoms with E-state index < -0.39 is 11.7 Å². The number of piperazine rings is 1. The smallest absolute Gasteiger partial charge is 0.417 e. The first-order valence-corrected chi connectivity index (χ1v) is 9.02. The van der Waals surface area contributed by atoms with Gasteiger partial charge in [0.25, 0.3) is 0 Å². The van der Waals surface area contributed by atoms with E-state index in [9.17, 15) is 13.2 Å². The van der Waals surface area contributed by atoms with Crippen molar-refractivity contribution in [3.63, 3.8) is 0 Å². The van der Waals surface area contributed by atoms with Gasteiger partial charge in [-0.25, -0.2) is 4.99 Å². The normalized spacial score (nSPS) is 18.3. The molecule has 0 aliphatic carbocycles. The molecule has 2 aliphatic heterocycles. The molecule has 140 valence electrons. The number of rotatable bonds is 2. The first kappa shape index (κ1) is 18.8. The molecule has 0 N–H and O–H groups in total. The zero-order chi connectivity index (χ0) is 18.7. The van der Waals surface area contributed by atoms with Crippen LogP contribution in [0.5, 0.6) is 5.75 Å². The maximum atomic E-state index is 12.8. The summed E-state index contributed by atoms with van der Waals surface area (Å²) in [6.07, 6.45) is -0.425. The van der Waals surface area contributed by atoms with Crippen LogP contribution >= 0.6 is 15.9 Å². The second-order valence-corrected chi connectivity index (χ2v) is 6.88. The van der Waals surface area contributed by atoms with E-state index in [2.05, 4.69) is 25.8 Å². The van der Waals surface area contributed by atoms with Crippen molar-refractivity contribution in [1.82, 2.24) is 4.90 Å². The van der Waals surface area contributed by atoms with Crippen molar-refractivity contribution in [3.8, 4) is 5.75 Å². The standard InChI is InChI=1S/C18H19BrF3N3O/c1-26-14-5-6-15(19)16(11-14)24-7-9-25(10-8-24)17-4-2-3-13(12-23-17)18(20,21)22/h2-3,5-6,11-12H,4,7-10H2,1H3. The quantitative estimate of drug-likeness (QED) is 0.697. The fourth-order valence-electron chi connectivity index (χ4n) is 2.98. The van der Waals surface area contributed by atoms with Gasteiger partial charge >= 0.3 is 6.18 Å². The van der Waals surface area contributed by atoms with Crippen LogP contribution < -0.4 is 9.64 Å². The lowest BCUT2D eigenvalue weighted by molar-refractivity contribution is -0.0883. The Hall–Kier alpha value is -1.96. The van der Waals surface area contributed by atoms with Crippen LogP contribution in [-0.4, -0.2) is 50.2 Å². The third-order valence-corrected chi connectivity index (χ3v) is 5.09. The number of amidine groups is 1. The monoisotopic (exact) mass is 429 g/mol. The number of nitrogens with zero attached hydrogens (tertiary/aromatic N) is 3. The summed E-state index contributed by atoms with van der Waals surface area (Å²) in [5.41, 5.74) is 0.331. The lowest BCUT2D eigenvalue weighted by Crippen LogP contribution is -2.48. The van der Waals surface area contributed by atoms with Crippen LogP contribution in [0, 0.1) is 0 Å². The molecule has 2 heterocycles. The highest BCUT2D eigenvalue weighted by atomic mass is 79.9. The molecule has 0 unspecified atom stereocenters. The van der Waals surface area contributed by atoms with Crippen molar-refractivity contribution in [2.75, 3.05) is 38.2 Å². The largest absolute Gasteiger partial charge is 0.497 e. The Morgan fingerprint density at radius 1 is 1.12 bits per heavy atom. The number of alkyl halides is 3. The van der Waals surface area contributed by atoms with Crippen molar-refractivity contribution >= 4 is 27.5 Å². The molecule has 26 heavy (non-hydrogen) atoms. The number of anilines is 1. The van der Waals surface area contributed by atoms with Crippen LogP contribution in [0.15, 0.2) is 51.6 Å². The third-order valence-electron chi connectivity index (χ3n) is 4.42. The lowest BCUT2D eigenvalue weighted by atomic mass is 10.2. The van der Waals surface area contributed by atoms with Gasteiger partial charge in [0.15, 0.2) is 0 Å². The molecule has 1 aromatic rings. The first-order valence-electron chi connectivity index (χ1n) is 8.22. The Morgan fingerprint density at radius 3 is 2.46 bits per heavy atom. The molecule has 1 aromatic carbocycles. The van der Waals surface area contributed by atoms with Crippen molar-refractivity contribution in [3.05, 3.63) is 46.6 Å². The fourth-order valence-corrected chi connectivity index (χ4v) is 3.47. The molecular weight excluding hydrogens is 411 g/mol. The van der Waals surface area contributed by atoms with Crippen molar-refractivity contribution in [1.29, 1.82) is 0 Å². The van der Waals surface area contributed by atoms with Gasteiger partial charge in [-0.2, -0.15) is 13.2 Å². The van der Waals surface area contributed by atoms with Gasteiger partial charge in [-0.15, -0.1) is 0 Å². The van der Waals surface area contributed by atoms with Crippen LogP contribution in [0.25, 0.3) is 0 Å². The molecule has 8 heteroatoms. The highest BCUT2D eigenvalue weighted by molar-refractivity contribution is 9.10. The summed E-state index contributed by atoms with van der Waals surface area (Å²) in [7, 11) is 1.63. The van der Waals surface area contributed by atoms with Gasteiger partial charge in [-0.3, -0.25) is 0 Å². The van der Waals surface area contributed by atoms with Crippen LogP contribution in [-0.2, 0) is 0 Å². The second kappa shape index (κ2) is 7.73. The van der Waals surface area contributed by atoms with Gasteiger partial charge in [0.2, 0.25) is 0 Å². The summed E-state index contributed by atoms with van der Waals surface area (Å²) in [4.78, 5) is 8.36. The summed E-state index contributed by atoms with van der Waals surface area (Å²) in [5.74, 6) is 1.46. The summed E-state index contributed by atoms with van der Waals surface area (Å²) in [5, 5.41) is 0. The lowest BCUT2D eigenvalue weighted by Gasteiger charge is -2.38. The van der Waals surface area contributed by atoms with Gasteiger partial charge in [0.1, 0.15) is 11.6 Å². The average Bonchev–Trinajstić information content (AvgIpc) is 2.88.